The Morgan fingerprint density at radius 2 is 0.692 bits per heavy atom. The highest BCUT2D eigenvalue weighted by Crippen LogP contribution is 2.14. The average molecular weight is 333 g/mol. The highest BCUT2D eigenvalue weighted by Gasteiger charge is 2.29. The van der Waals surface area contributed by atoms with Crippen molar-refractivity contribution in [2.45, 2.75) is 6.32 Å². The van der Waals surface area contributed by atoms with Gasteiger partial charge < -0.3 is 0 Å². The van der Waals surface area contributed by atoms with E-state index in [4.69, 9.17) is 0 Å². The molecule has 0 spiro atoms. The third-order valence-electron chi connectivity index (χ3n) is 5.49. The minimum Gasteiger partial charge on any atom is -0.200 e. The molecular formula is C25H22B-. The molecule has 0 atom stereocenters. The molecule has 0 aliphatic carbocycles. The van der Waals surface area contributed by atoms with Gasteiger partial charge >= 0.3 is 0 Å². The molecule has 126 valence electrons. The largest absolute Gasteiger partial charge is 0.200 e. The predicted octanol–water partition coefficient (Wildman–Crippen LogP) is 3.94. The summed E-state index contributed by atoms with van der Waals surface area (Å²) in [5.74, 6) is 0. The molecule has 0 bridgehead atoms. The van der Waals surface area contributed by atoms with Gasteiger partial charge in [-0.3, -0.25) is 0 Å². The summed E-state index contributed by atoms with van der Waals surface area (Å²) in [4.78, 5) is 0. The van der Waals surface area contributed by atoms with Crippen LogP contribution in [-0.4, -0.2) is 6.15 Å². The van der Waals surface area contributed by atoms with E-state index in [1.807, 2.05) is 0 Å². The van der Waals surface area contributed by atoms with Gasteiger partial charge in [-0.15, -0.1) is 6.32 Å². The van der Waals surface area contributed by atoms with E-state index < -0.39 is 6.15 Å². The lowest BCUT2D eigenvalue weighted by Crippen LogP contribution is -2.68. The molecule has 0 saturated heterocycles. The van der Waals surface area contributed by atoms with E-state index in [2.05, 4.69) is 121 Å². The van der Waals surface area contributed by atoms with Gasteiger partial charge in [-0.05, 0) is 0 Å². The van der Waals surface area contributed by atoms with Crippen molar-refractivity contribution in [1.29, 1.82) is 0 Å². The van der Waals surface area contributed by atoms with Crippen LogP contribution in [0, 0.1) is 0 Å². The molecular weight excluding hydrogens is 311 g/mol. The van der Waals surface area contributed by atoms with Crippen molar-refractivity contribution in [3.8, 4) is 0 Å². The van der Waals surface area contributed by atoms with Crippen LogP contribution in [0.1, 0.15) is 5.56 Å². The van der Waals surface area contributed by atoms with Gasteiger partial charge in [0.15, 0.2) is 0 Å². The Morgan fingerprint density at radius 3 is 1.04 bits per heavy atom. The number of hydrogen-bond acceptors (Lipinski definition) is 0. The van der Waals surface area contributed by atoms with E-state index >= 15 is 0 Å². The maximum absolute atomic E-state index is 2.28. The minimum absolute atomic E-state index is 0.985. The summed E-state index contributed by atoms with van der Waals surface area (Å²) < 4.78 is 0. The molecule has 0 amide bonds. The smallest absolute Gasteiger partial charge is 0.0856 e. The summed E-state index contributed by atoms with van der Waals surface area (Å²) in [5, 5.41) is 0. The Kier molecular flexibility index (Phi) is 4.70. The Balaban J connectivity index is 2.00. The molecule has 0 aromatic heterocycles. The molecule has 0 N–H and O–H groups in total. The van der Waals surface area contributed by atoms with E-state index in [0.29, 0.717) is 0 Å². The molecule has 0 saturated carbocycles. The van der Waals surface area contributed by atoms with Crippen LogP contribution in [0.3, 0.4) is 0 Å². The van der Waals surface area contributed by atoms with E-state index in [1.54, 1.807) is 0 Å². The summed E-state index contributed by atoms with van der Waals surface area (Å²) in [6, 6.07) is 43.8. The van der Waals surface area contributed by atoms with Crippen LogP contribution in [0.4, 0.5) is 0 Å². The Morgan fingerprint density at radius 1 is 0.385 bits per heavy atom. The Hall–Kier alpha value is -3.06. The summed E-state index contributed by atoms with van der Waals surface area (Å²) >= 11 is 0. The van der Waals surface area contributed by atoms with E-state index in [0.717, 1.165) is 6.32 Å². The zero-order chi connectivity index (χ0) is 17.7. The quantitative estimate of drug-likeness (QED) is 0.485. The lowest BCUT2D eigenvalue weighted by Gasteiger charge is -2.43. The molecule has 0 radical (unpaired) electrons. The fraction of sp³-hybridized carbons (Fsp3) is 0.0400. The summed E-state index contributed by atoms with van der Waals surface area (Å²) in [5.41, 5.74) is 5.51. The molecule has 4 aromatic carbocycles. The summed E-state index contributed by atoms with van der Waals surface area (Å²) in [7, 11) is 0. The van der Waals surface area contributed by atoms with Crippen LogP contribution < -0.4 is 16.4 Å². The van der Waals surface area contributed by atoms with Crippen molar-refractivity contribution in [3.63, 3.8) is 0 Å². The van der Waals surface area contributed by atoms with Crippen molar-refractivity contribution in [2.24, 2.45) is 0 Å². The average Bonchev–Trinajstić information content (AvgIpc) is 2.75. The summed E-state index contributed by atoms with van der Waals surface area (Å²) in [6.07, 6.45) is -0.109. The minimum atomic E-state index is -1.09. The van der Waals surface area contributed by atoms with Gasteiger partial charge in [0.05, 0.1) is 6.15 Å². The fourth-order valence-electron chi connectivity index (χ4n) is 4.24. The molecule has 0 aliphatic heterocycles. The normalized spacial score (nSPS) is 11.2. The van der Waals surface area contributed by atoms with Gasteiger partial charge in [-0.2, -0.15) is 16.4 Å². The number of benzene rings is 4. The van der Waals surface area contributed by atoms with Crippen molar-refractivity contribution < 1.29 is 0 Å². The molecule has 0 unspecified atom stereocenters. The van der Waals surface area contributed by atoms with Crippen LogP contribution in [0.25, 0.3) is 0 Å². The first kappa shape index (κ1) is 16.4. The van der Waals surface area contributed by atoms with Gasteiger partial charge in [-0.1, -0.05) is 127 Å². The zero-order valence-corrected chi connectivity index (χ0v) is 14.8. The zero-order valence-electron chi connectivity index (χ0n) is 14.8. The maximum Gasteiger partial charge on any atom is 0.0856 e. The SMILES string of the molecule is c1ccc(C[B-](c2ccccc2)(c2ccccc2)c2ccccc2)cc1. The topological polar surface area (TPSA) is 0 Å². The van der Waals surface area contributed by atoms with Gasteiger partial charge in [-0.25, -0.2) is 0 Å². The number of rotatable bonds is 5. The van der Waals surface area contributed by atoms with Gasteiger partial charge in [0.25, 0.3) is 0 Å². The first-order chi connectivity index (χ1) is 12.9. The molecule has 1 heteroatoms. The van der Waals surface area contributed by atoms with Gasteiger partial charge in [0, 0.05) is 0 Å². The van der Waals surface area contributed by atoms with Crippen LogP contribution in [0.5, 0.6) is 0 Å². The number of hydrogen-bond donors (Lipinski definition) is 0. The Labute approximate surface area is 156 Å². The van der Waals surface area contributed by atoms with E-state index in [-0.39, 0.29) is 0 Å². The lowest BCUT2D eigenvalue weighted by atomic mass is 9.14. The molecule has 0 nitrogen and oxygen atoms in total. The highest BCUT2D eigenvalue weighted by atomic mass is 14.1. The van der Waals surface area contributed by atoms with Crippen LogP contribution in [0.2, 0.25) is 0 Å². The first-order valence-electron chi connectivity index (χ1n) is 9.27. The molecule has 4 rings (SSSR count). The highest BCUT2D eigenvalue weighted by molar-refractivity contribution is 7.11. The maximum atomic E-state index is 2.28. The fourth-order valence-corrected chi connectivity index (χ4v) is 4.24. The predicted molar refractivity (Wildman–Crippen MR) is 114 cm³/mol. The van der Waals surface area contributed by atoms with Crippen molar-refractivity contribution in [3.05, 3.63) is 127 Å². The molecule has 0 fully saturated rings. The molecule has 0 heterocycles. The Bertz CT molecular complexity index is 836. The summed E-state index contributed by atoms with van der Waals surface area (Å²) in [6.45, 7) is 0. The second-order valence-corrected chi connectivity index (χ2v) is 6.97. The van der Waals surface area contributed by atoms with Crippen LogP contribution >= 0.6 is 0 Å². The third kappa shape index (κ3) is 3.09. The van der Waals surface area contributed by atoms with Gasteiger partial charge in [0.2, 0.25) is 0 Å². The van der Waals surface area contributed by atoms with E-state index in [9.17, 15) is 0 Å². The standard InChI is InChI=1S/C25H22B/c1-5-13-22(14-6-1)21-26(23-15-7-2-8-16-23,24-17-9-3-10-18-24)25-19-11-4-12-20-25/h1-20H,21H2/q-1. The second-order valence-electron chi connectivity index (χ2n) is 6.97. The van der Waals surface area contributed by atoms with E-state index in [1.165, 1.54) is 22.0 Å². The molecule has 4 aromatic rings. The van der Waals surface area contributed by atoms with Crippen LogP contribution in [0.15, 0.2) is 121 Å². The van der Waals surface area contributed by atoms with Gasteiger partial charge in [0.1, 0.15) is 0 Å². The van der Waals surface area contributed by atoms with Crippen molar-refractivity contribution in [1.82, 2.24) is 0 Å². The third-order valence-corrected chi connectivity index (χ3v) is 5.49. The monoisotopic (exact) mass is 333 g/mol. The molecule has 26 heavy (non-hydrogen) atoms. The lowest BCUT2D eigenvalue weighted by molar-refractivity contribution is 1.35. The van der Waals surface area contributed by atoms with Crippen molar-refractivity contribution in [2.75, 3.05) is 0 Å². The van der Waals surface area contributed by atoms with Crippen molar-refractivity contribution >= 4 is 22.5 Å². The van der Waals surface area contributed by atoms with Crippen LogP contribution in [-0.2, 0) is 6.32 Å². The molecule has 0 aliphatic rings. The second kappa shape index (κ2) is 7.45. The first-order valence-corrected chi connectivity index (χ1v) is 9.27.